The smallest absolute Gasteiger partial charge is 0.156 e. The van der Waals surface area contributed by atoms with Gasteiger partial charge in [-0.15, -0.1) is 0 Å². The van der Waals surface area contributed by atoms with E-state index in [2.05, 4.69) is 4.90 Å². The van der Waals surface area contributed by atoms with Crippen molar-refractivity contribution in [2.24, 2.45) is 0 Å². The lowest BCUT2D eigenvalue weighted by Gasteiger charge is -2.20. The molecule has 0 fully saturated rings. The van der Waals surface area contributed by atoms with Gasteiger partial charge >= 0.3 is 0 Å². The van der Waals surface area contributed by atoms with Crippen LogP contribution in [0.2, 0.25) is 0 Å². The van der Waals surface area contributed by atoms with Crippen molar-refractivity contribution < 1.29 is 19.7 Å². The van der Waals surface area contributed by atoms with Crippen molar-refractivity contribution in [2.75, 3.05) is 47.1 Å². The lowest BCUT2D eigenvalue weighted by Crippen LogP contribution is -2.30. The number of unbranched alkanes of at least 4 members (excludes halogenated alkanes) is 2. The molecule has 0 heterocycles. The van der Waals surface area contributed by atoms with E-state index in [1.54, 1.807) is 14.2 Å². The van der Waals surface area contributed by atoms with Gasteiger partial charge in [0.1, 0.15) is 0 Å². The zero-order chi connectivity index (χ0) is 12.9. The topological polar surface area (TPSA) is 62.2 Å². The molecule has 0 saturated heterocycles. The minimum Gasteiger partial charge on any atom is -0.395 e. The van der Waals surface area contributed by atoms with Gasteiger partial charge in [0.25, 0.3) is 0 Å². The maximum Gasteiger partial charge on any atom is 0.156 e. The van der Waals surface area contributed by atoms with Crippen molar-refractivity contribution in [2.45, 2.75) is 32.0 Å². The van der Waals surface area contributed by atoms with Gasteiger partial charge in [-0.2, -0.15) is 0 Å². The van der Waals surface area contributed by atoms with E-state index in [9.17, 15) is 0 Å². The molecule has 5 heteroatoms. The molecule has 0 rings (SSSR count). The Morgan fingerprint density at radius 3 is 1.94 bits per heavy atom. The predicted molar refractivity (Wildman–Crippen MR) is 66.9 cm³/mol. The predicted octanol–water partition coefficient (Wildman–Crippen LogP) is 0.452. The molecule has 5 nitrogen and oxygen atoms in total. The number of aliphatic hydroxyl groups excluding tert-OH is 2. The van der Waals surface area contributed by atoms with Gasteiger partial charge in [-0.25, -0.2) is 0 Å². The first kappa shape index (κ1) is 16.8. The fourth-order valence-electron chi connectivity index (χ4n) is 1.77. The number of rotatable bonds is 12. The van der Waals surface area contributed by atoms with Gasteiger partial charge in [0.05, 0.1) is 13.2 Å². The second-order valence-corrected chi connectivity index (χ2v) is 4.04. The van der Waals surface area contributed by atoms with Crippen molar-refractivity contribution in [1.29, 1.82) is 0 Å². The molecule has 0 aliphatic carbocycles. The fraction of sp³-hybridized carbons (Fsp3) is 1.00. The Bertz CT molecular complexity index is 147. The maximum absolute atomic E-state index is 8.85. The summed E-state index contributed by atoms with van der Waals surface area (Å²) in [6.07, 6.45) is 4.06. The van der Waals surface area contributed by atoms with Crippen molar-refractivity contribution in [3.05, 3.63) is 0 Å². The molecule has 0 aromatic heterocycles. The largest absolute Gasteiger partial charge is 0.395 e. The lowest BCUT2D eigenvalue weighted by molar-refractivity contribution is -0.107. The molecule has 104 valence electrons. The zero-order valence-corrected chi connectivity index (χ0v) is 11.1. The third-order valence-corrected chi connectivity index (χ3v) is 2.77. The minimum atomic E-state index is -0.0963. The summed E-state index contributed by atoms with van der Waals surface area (Å²) in [4.78, 5) is 2.07. The highest BCUT2D eigenvalue weighted by Crippen LogP contribution is 2.07. The standard InChI is InChI=1S/C12H27NO4/c1-16-12(17-2)6-4-3-5-7-13(8-10-14)9-11-15/h12,14-15H,3-11H2,1-2H3. The molecule has 0 saturated carbocycles. The van der Waals surface area contributed by atoms with Crippen molar-refractivity contribution in [3.8, 4) is 0 Å². The molecular weight excluding hydrogens is 222 g/mol. The van der Waals surface area contributed by atoms with E-state index in [-0.39, 0.29) is 19.5 Å². The highest BCUT2D eigenvalue weighted by atomic mass is 16.7. The van der Waals surface area contributed by atoms with Gasteiger partial charge in [0.2, 0.25) is 0 Å². The average molecular weight is 249 g/mol. The monoisotopic (exact) mass is 249 g/mol. The summed E-state index contributed by atoms with van der Waals surface area (Å²) in [5, 5.41) is 17.7. The van der Waals surface area contributed by atoms with Gasteiger partial charge in [0.15, 0.2) is 6.29 Å². The number of aliphatic hydroxyl groups is 2. The lowest BCUT2D eigenvalue weighted by atomic mass is 10.2. The Labute approximate surface area is 104 Å². The van der Waals surface area contributed by atoms with Crippen molar-refractivity contribution in [3.63, 3.8) is 0 Å². The van der Waals surface area contributed by atoms with Crippen LogP contribution in [-0.2, 0) is 9.47 Å². The van der Waals surface area contributed by atoms with E-state index in [1.807, 2.05) is 0 Å². The van der Waals surface area contributed by atoms with Gasteiger partial charge < -0.3 is 19.7 Å². The van der Waals surface area contributed by atoms with Gasteiger partial charge in [-0.05, 0) is 25.8 Å². The van der Waals surface area contributed by atoms with E-state index >= 15 is 0 Å². The number of hydrogen-bond donors (Lipinski definition) is 2. The first-order valence-electron chi connectivity index (χ1n) is 6.28. The zero-order valence-electron chi connectivity index (χ0n) is 11.1. The molecule has 0 aliphatic heterocycles. The second-order valence-electron chi connectivity index (χ2n) is 4.04. The maximum atomic E-state index is 8.85. The Hall–Kier alpha value is -0.200. The van der Waals surface area contributed by atoms with Gasteiger partial charge in [-0.3, -0.25) is 4.90 Å². The Morgan fingerprint density at radius 2 is 1.47 bits per heavy atom. The van der Waals surface area contributed by atoms with Crippen LogP contribution in [-0.4, -0.2) is 68.5 Å². The van der Waals surface area contributed by atoms with Crippen LogP contribution < -0.4 is 0 Å². The van der Waals surface area contributed by atoms with Crippen LogP contribution in [0.3, 0.4) is 0 Å². The molecule has 0 bridgehead atoms. The second kappa shape index (κ2) is 12.3. The summed E-state index contributed by atoms with van der Waals surface area (Å²) in [7, 11) is 3.30. The molecule has 2 N–H and O–H groups in total. The van der Waals surface area contributed by atoms with E-state index in [0.29, 0.717) is 13.1 Å². The highest BCUT2D eigenvalue weighted by Gasteiger charge is 2.05. The Morgan fingerprint density at radius 1 is 0.882 bits per heavy atom. The average Bonchev–Trinajstić information content (AvgIpc) is 2.34. The third kappa shape index (κ3) is 9.50. The number of hydrogen-bond acceptors (Lipinski definition) is 5. The summed E-state index contributed by atoms with van der Waals surface area (Å²) >= 11 is 0. The number of ether oxygens (including phenoxy) is 2. The molecule has 0 spiro atoms. The summed E-state index contributed by atoms with van der Waals surface area (Å²) in [6, 6.07) is 0. The van der Waals surface area contributed by atoms with Crippen LogP contribution in [0.4, 0.5) is 0 Å². The van der Waals surface area contributed by atoms with Crippen molar-refractivity contribution >= 4 is 0 Å². The SMILES string of the molecule is COC(CCCCCN(CCO)CCO)OC. The molecule has 17 heavy (non-hydrogen) atoms. The molecule has 0 aromatic carbocycles. The van der Waals surface area contributed by atoms with Crippen LogP contribution in [0.5, 0.6) is 0 Å². The summed E-state index contributed by atoms with van der Waals surface area (Å²) in [6.45, 7) is 2.50. The van der Waals surface area contributed by atoms with Gasteiger partial charge in [0, 0.05) is 27.3 Å². The molecule has 0 radical (unpaired) electrons. The third-order valence-electron chi connectivity index (χ3n) is 2.77. The Kier molecular flexibility index (Phi) is 12.1. The molecular formula is C12H27NO4. The van der Waals surface area contributed by atoms with Crippen LogP contribution >= 0.6 is 0 Å². The minimum absolute atomic E-state index is 0.0963. The van der Waals surface area contributed by atoms with E-state index in [4.69, 9.17) is 19.7 Å². The van der Waals surface area contributed by atoms with Crippen LogP contribution in [0.1, 0.15) is 25.7 Å². The van der Waals surface area contributed by atoms with Crippen LogP contribution in [0.25, 0.3) is 0 Å². The van der Waals surface area contributed by atoms with E-state index < -0.39 is 0 Å². The normalized spacial score (nSPS) is 11.6. The Balaban J connectivity index is 3.46. The van der Waals surface area contributed by atoms with Gasteiger partial charge in [-0.1, -0.05) is 6.42 Å². The first-order valence-corrected chi connectivity index (χ1v) is 6.28. The van der Waals surface area contributed by atoms with Crippen molar-refractivity contribution in [1.82, 2.24) is 4.90 Å². The summed E-state index contributed by atoms with van der Waals surface area (Å²) < 4.78 is 10.2. The summed E-state index contributed by atoms with van der Waals surface area (Å²) in [5.74, 6) is 0. The van der Waals surface area contributed by atoms with Crippen LogP contribution in [0, 0.1) is 0 Å². The molecule has 0 amide bonds. The van der Waals surface area contributed by atoms with Crippen LogP contribution in [0.15, 0.2) is 0 Å². The summed E-state index contributed by atoms with van der Waals surface area (Å²) in [5.41, 5.74) is 0. The molecule has 0 unspecified atom stereocenters. The molecule has 0 aromatic rings. The number of nitrogens with zero attached hydrogens (tertiary/aromatic N) is 1. The fourth-order valence-corrected chi connectivity index (χ4v) is 1.77. The molecule has 0 aliphatic rings. The number of methoxy groups -OCH3 is 2. The van der Waals surface area contributed by atoms with E-state index in [1.165, 1.54) is 0 Å². The quantitative estimate of drug-likeness (QED) is 0.388. The first-order chi connectivity index (χ1) is 8.28. The van der Waals surface area contributed by atoms with E-state index in [0.717, 1.165) is 32.2 Å². The molecule has 0 atom stereocenters. The highest BCUT2D eigenvalue weighted by molar-refractivity contribution is 4.57.